The Bertz CT molecular complexity index is 1690. The molecule has 1 aliphatic carbocycles. The minimum atomic E-state index is -0.992. The van der Waals surface area contributed by atoms with Gasteiger partial charge in [0.2, 0.25) is 11.8 Å². The number of hydrogen-bond donors (Lipinski definition) is 1. The first kappa shape index (κ1) is 28.7. The zero-order valence-corrected chi connectivity index (χ0v) is 25.3. The second-order valence-electron chi connectivity index (χ2n) is 12.7. The van der Waals surface area contributed by atoms with Gasteiger partial charge < -0.3 is 19.9 Å². The first-order chi connectivity index (χ1) is 20.5. The third-order valence-electron chi connectivity index (χ3n) is 9.08. The summed E-state index contributed by atoms with van der Waals surface area (Å²) in [6.07, 6.45) is 2.67. The van der Waals surface area contributed by atoms with Crippen LogP contribution in [0.3, 0.4) is 0 Å². The number of hydrogen-bond acceptors (Lipinski definition) is 6. The number of carbonyl (C=O) groups excluding carboxylic acids is 3. The molecule has 3 atom stereocenters. The van der Waals surface area contributed by atoms with Crippen molar-refractivity contribution in [3.63, 3.8) is 0 Å². The molecule has 6 rings (SSSR count). The number of likely N-dealkylation sites (N-methyl/N-ethyl adjacent to an activating group) is 1. The molecular formula is C34H37N5O4. The Morgan fingerprint density at radius 2 is 1.95 bits per heavy atom. The average Bonchev–Trinajstić information content (AvgIpc) is 3.64. The number of ether oxygens (including phenoxy) is 1. The molecule has 3 aromatic rings. The van der Waals surface area contributed by atoms with E-state index >= 15 is 0 Å². The third kappa shape index (κ3) is 4.99. The molecule has 0 unspecified atom stereocenters. The van der Waals surface area contributed by atoms with Crippen LogP contribution >= 0.6 is 0 Å². The van der Waals surface area contributed by atoms with Crippen LogP contribution in [0.5, 0.6) is 5.75 Å². The summed E-state index contributed by atoms with van der Waals surface area (Å²) in [5.74, 6) is -0.173. The molecule has 1 aromatic heterocycles. The van der Waals surface area contributed by atoms with Crippen LogP contribution in [0.4, 0.5) is 5.69 Å². The van der Waals surface area contributed by atoms with E-state index in [0.29, 0.717) is 23.4 Å². The molecule has 222 valence electrons. The number of carbonyl (C=O) groups is 3. The van der Waals surface area contributed by atoms with Gasteiger partial charge in [-0.1, -0.05) is 32.0 Å². The molecular weight excluding hydrogens is 542 g/mol. The predicted octanol–water partition coefficient (Wildman–Crippen LogP) is 4.89. The fourth-order valence-electron chi connectivity index (χ4n) is 6.43. The van der Waals surface area contributed by atoms with E-state index in [2.05, 4.69) is 11.4 Å². The Balaban J connectivity index is 1.33. The van der Waals surface area contributed by atoms with Gasteiger partial charge in [-0.25, -0.2) is 4.98 Å². The lowest BCUT2D eigenvalue weighted by atomic mass is 9.80. The lowest BCUT2D eigenvalue weighted by Gasteiger charge is -2.33. The molecule has 9 heteroatoms. The monoisotopic (exact) mass is 579 g/mol. The van der Waals surface area contributed by atoms with Gasteiger partial charge in [0.05, 0.1) is 17.6 Å². The Labute approximate surface area is 251 Å². The maximum Gasteiger partial charge on any atom is 0.254 e. The van der Waals surface area contributed by atoms with Crippen LogP contribution in [0.15, 0.2) is 42.5 Å². The zero-order valence-electron chi connectivity index (χ0n) is 25.3. The number of fused-ring (bicyclic) bond motifs is 3. The third-order valence-corrected chi connectivity index (χ3v) is 9.08. The number of benzene rings is 2. The number of para-hydroxylation sites is 1. The molecule has 3 amide bonds. The van der Waals surface area contributed by atoms with E-state index in [-0.39, 0.29) is 42.7 Å². The highest BCUT2D eigenvalue weighted by Crippen LogP contribution is 2.46. The van der Waals surface area contributed by atoms with Gasteiger partial charge in [-0.2, -0.15) is 5.26 Å². The van der Waals surface area contributed by atoms with Crippen LogP contribution in [0, 0.1) is 31.1 Å². The van der Waals surface area contributed by atoms with Gasteiger partial charge in [0.25, 0.3) is 5.91 Å². The lowest BCUT2D eigenvalue weighted by molar-refractivity contribution is -0.136. The summed E-state index contributed by atoms with van der Waals surface area (Å²) in [5, 5.41) is 13.9. The van der Waals surface area contributed by atoms with Crippen molar-refractivity contribution in [2.24, 2.45) is 5.92 Å². The van der Waals surface area contributed by atoms with Crippen LogP contribution in [-0.4, -0.2) is 64.3 Å². The predicted molar refractivity (Wildman–Crippen MR) is 163 cm³/mol. The van der Waals surface area contributed by atoms with Crippen LogP contribution < -0.4 is 10.1 Å². The van der Waals surface area contributed by atoms with Crippen molar-refractivity contribution in [3.8, 4) is 11.8 Å². The number of aryl methyl sites for hydroxylation is 2. The molecule has 0 radical (unpaired) electrons. The number of anilines is 1. The summed E-state index contributed by atoms with van der Waals surface area (Å²) in [6.45, 7) is 8.03. The Morgan fingerprint density at radius 3 is 2.65 bits per heavy atom. The summed E-state index contributed by atoms with van der Waals surface area (Å²) in [7, 11) is 1.64. The van der Waals surface area contributed by atoms with Crippen LogP contribution in [0.25, 0.3) is 10.9 Å². The minimum absolute atomic E-state index is 0.0865. The van der Waals surface area contributed by atoms with Gasteiger partial charge in [0.15, 0.2) is 0 Å². The smallest absolute Gasteiger partial charge is 0.254 e. The topological polar surface area (TPSA) is 116 Å². The number of nitriles is 1. The molecule has 9 nitrogen and oxygen atoms in total. The Kier molecular flexibility index (Phi) is 7.11. The Hall–Kier alpha value is -4.45. The summed E-state index contributed by atoms with van der Waals surface area (Å²) < 4.78 is 6.20. The summed E-state index contributed by atoms with van der Waals surface area (Å²) >= 11 is 0. The van der Waals surface area contributed by atoms with E-state index in [1.165, 1.54) is 9.80 Å². The van der Waals surface area contributed by atoms with E-state index in [4.69, 9.17) is 9.72 Å². The van der Waals surface area contributed by atoms with E-state index in [1.54, 1.807) is 13.1 Å². The zero-order chi connectivity index (χ0) is 30.6. The van der Waals surface area contributed by atoms with Crippen LogP contribution in [0.1, 0.15) is 66.7 Å². The highest BCUT2D eigenvalue weighted by atomic mass is 16.5. The van der Waals surface area contributed by atoms with Crippen molar-refractivity contribution >= 4 is 34.3 Å². The molecule has 1 spiro atoms. The second kappa shape index (κ2) is 10.7. The largest absolute Gasteiger partial charge is 0.488 e. The fraction of sp³-hybridized carbons (Fsp3) is 0.441. The molecule has 1 saturated carbocycles. The Morgan fingerprint density at radius 1 is 1.21 bits per heavy atom. The van der Waals surface area contributed by atoms with E-state index in [1.807, 2.05) is 64.1 Å². The van der Waals surface area contributed by atoms with Gasteiger partial charge in [-0.3, -0.25) is 14.4 Å². The highest BCUT2D eigenvalue weighted by Gasteiger charge is 2.56. The second-order valence-corrected chi connectivity index (χ2v) is 12.7. The molecule has 1 N–H and O–H groups in total. The maximum absolute atomic E-state index is 14.3. The number of rotatable bonds is 7. The number of aromatic nitrogens is 1. The molecule has 0 bridgehead atoms. The van der Waals surface area contributed by atoms with Crippen molar-refractivity contribution in [2.75, 3.05) is 18.9 Å². The molecule has 2 fully saturated rings. The molecule has 43 heavy (non-hydrogen) atoms. The van der Waals surface area contributed by atoms with Gasteiger partial charge in [-0.05, 0) is 74.4 Å². The van der Waals surface area contributed by atoms with Gasteiger partial charge in [0.1, 0.15) is 23.3 Å². The van der Waals surface area contributed by atoms with Crippen molar-refractivity contribution in [1.82, 2.24) is 14.8 Å². The summed E-state index contributed by atoms with van der Waals surface area (Å²) in [5.41, 5.74) is 3.58. The van der Waals surface area contributed by atoms with Crippen LogP contribution in [0.2, 0.25) is 0 Å². The minimum Gasteiger partial charge on any atom is -0.488 e. The van der Waals surface area contributed by atoms with Crippen molar-refractivity contribution < 1.29 is 19.1 Å². The van der Waals surface area contributed by atoms with E-state index < -0.39 is 17.5 Å². The van der Waals surface area contributed by atoms with Crippen molar-refractivity contribution in [1.29, 1.82) is 5.26 Å². The first-order valence-electron chi connectivity index (χ1n) is 15.0. The molecule has 2 aliphatic heterocycles. The molecule has 3 aliphatic rings. The summed E-state index contributed by atoms with van der Waals surface area (Å²) in [4.78, 5) is 49.5. The number of amides is 3. The fourth-order valence-corrected chi connectivity index (χ4v) is 6.43. The van der Waals surface area contributed by atoms with Crippen LogP contribution in [-0.2, 0) is 15.0 Å². The molecule has 2 aromatic carbocycles. The van der Waals surface area contributed by atoms with E-state index in [9.17, 15) is 19.6 Å². The average molecular weight is 580 g/mol. The van der Waals surface area contributed by atoms with Gasteiger partial charge in [0, 0.05) is 42.3 Å². The quantitative estimate of drug-likeness (QED) is 0.426. The van der Waals surface area contributed by atoms with Gasteiger partial charge >= 0.3 is 0 Å². The van der Waals surface area contributed by atoms with Gasteiger partial charge in [-0.15, -0.1) is 0 Å². The van der Waals surface area contributed by atoms with Crippen molar-refractivity contribution in [2.45, 2.75) is 77.0 Å². The number of likely N-dealkylation sites (tertiary alicyclic amines) is 1. The SMILES string of the molecule is Cc1cc2cc(C(=O)N(C)[C@@H](CC(C)C)C(=O)N3C[C@]4(C[C@H]3C#N)C(=O)Nc3ccccc34)cc(OC3CC3)c2nc1C. The number of pyridine rings is 1. The van der Waals surface area contributed by atoms with E-state index in [0.717, 1.165) is 40.6 Å². The standard InChI is InChI=1S/C34H37N5O4/c1-19(2)12-28(32(41)39-18-34(16-24(39)17-35)26-8-6-7-9-27(26)37-33(34)42)38(5)31(40)23-14-22-13-20(3)21(4)36-30(22)29(15-23)43-25-10-11-25/h6-9,13-15,19,24-25,28H,10-12,16,18H2,1-5H3,(H,37,42)/t24-,28-,34-/m0/s1. The number of nitrogens with one attached hydrogen (secondary N) is 1. The normalized spacial score (nSPS) is 21.6. The highest BCUT2D eigenvalue weighted by molar-refractivity contribution is 6.07. The first-order valence-corrected chi connectivity index (χ1v) is 15.0. The van der Waals surface area contributed by atoms with Crippen molar-refractivity contribution in [3.05, 3.63) is 64.8 Å². The maximum atomic E-state index is 14.3. The number of nitrogens with zero attached hydrogens (tertiary/aromatic N) is 4. The molecule has 1 saturated heterocycles. The summed E-state index contributed by atoms with van der Waals surface area (Å²) in [6, 6.07) is 13.7. The molecule has 3 heterocycles. The lowest BCUT2D eigenvalue weighted by Crippen LogP contribution is -2.52.